The molecule has 2 fully saturated rings. The molecule has 1 N–H and O–H groups in total. The van der Waals surface area contributed by atoms with Crippen molar-refractivity contribution in [2.24, 2.45) is 0 Å². The van der Waals surface area contributed by atoms with Crippen LogP contribution in [0, 0.1) is 0 Å². The van der Waals surface area contributed by atoms with E-state index in [-0.39, 0.29) is 0 Å². The number of aromatic nitrogens is 1. The number of rotatable bonds is 5. The molecule has 2 atom stereocenters. The van der Waals surface area contributed by atoms with E-state index in [1.54, 1.807) is 11.3 Å². The summed E-state index contributed by atoms with van der Waals surface area (Å²) < 4.78 is 0. The topological polar surface area (TPSA) is 39.6 Å². The lowest BCUT2D eigenvalue weighted by atomic mass is 10.2. The summed E-state index contributed by atoms with van der Waals surface area (Å²) in [6, 6.07) is 1.05. The normalized spacial score (nSPS) is 29.3. The van der Waals surface area contributed by atoms with Gasteiger partial charge in [0.15, 0.2) is 0 Å². The fourth-order valence-electron chi connectivity index (χ4n) is 3.43. The number of likely N-dealkylation sites (tertiary alicyclic amines) is 2. The van der Waals surface area contributed by atoms with Gasteiger partial charge in [0.25, 0.3) is 0 Å². The molecule has 3 heterocycles. The molecular weight excluding hydrogens is 258 g/mol. The molecule has 0 saturated carbocycles. The van der Waals surface area contributed by atoms with Crippen LogP contribution in [0.5, 0.6) is 0 Å². The van der Waals surface area contributed by atoms with Crippen molar-refractivity contribution in [1.29, 1.82) is 0 Å². The first-order valence-corrected chi connectivity index (χ1v) is 8.22. The Kier molecular flexibility index (Phi) is 4.48. The van der Waals surface area contributed by atoms with Crippen molar-refractivity contribution >= 4 is 11.3 Å². The standard InChI is InChI=1S/C14H23N3OS/c18-11-13-4-2-6-16(13)9-12-3-1-7-17(12)10-14-15-5-8-19-14/h5,8,12-13,18H,1-4,6-7,9-11H2. The van der Waals surface area contributed by atoms with E-state index in [1.807, 2.05) is 6.20 Å². The van der Waals surface area contributed by atoms with Crippen molar-refractivity contribution < 1.29 is 5.11 Å². The summed E-state index contributed by atoms with van der Waals surface area (Å²) in [5, 5.41) is 12.7. The Balaban J connectivity index is 1.57. The summed E-state index contributed by atoms with van der Waals surface area (Å²) in [4.78, 5) is 9.47. The zero-order valence-corrected chi connectivity index (χ0v) is 12.2. The van der Waals surface area contributed by atoms with Crippen molar-refractivity contribution in [3.05, 3.63) is 16.6 Å². The predicted molar refractivity (Wildman–Crippen MR) is 77.2 cm³/mol. The summed E-state index contributed by atoms with van der Waals surface area (Å²) in [7, 11) is 0. The Morgan fingerprint density at radius 2 is 2.00 bits per heavy atom. The van der Waals surface area contributed by atoms with Gasteiger partial charge in [0.05, 0.1) is 13.2 Å². The first-order chi connectivity index (χ1) is 9.36. The summed E-state index contributed by atoms with van der Waals surface area (Å²) >= 11 is 1.75. The quantitative estimate of drug-likeness (QED) is 0.889. The molecular formula is C14H23N3OS. The lowest BCUT2D eigenvalue weighted by Gasteiger charge is -2.30. The van der Waals surface area contributed by atoms with E-state index in [0.717, 1.165) is 26.1 Å². The van der Waals surface area contributed by atoms with E-state index in [0.29, 0.717) is 18.7 Å². The van der Waals surface area contributed by atoms with Gasteiger partial charge in [0, 0.05) is 30.2 Å². The average Bonchev–Trinajstić information content (AvgIpc) is 3.14. The van der Waals surface area contributed by atoms with Crippen LogP contribution in [0.4, 0.5) is 0 Å². The maximum atomic E-state index is 9.42. The molecule has 0 aliphatic carbocycles. The van der Waals surface area contributed by atoms with Gasteiger partial charge in [-0.25, -0.2) is 4.98 Å². The van der Waals surface area contributed by atoms with E-state index in [9.17, 15) is 5.11 Å². The lowest BCUT2D eigenvalue weighted by molar-refractivity contribution is 0.120. The zero-order chi connectivity index (χ0) is 13.1. The summed E-state index contributed by atoms with van der Waals surface area (Å²) in [6.07, 6.45) is 6.89. The molecule has 2 unspecified atom stereocenters. The fourth-order valence-corrected chi connectivity index (χ4v) is 4.07. The number of aliphatic hydroxyl groups is 1. The molecule has 2 aliphatic heterocycles. The molecule has 2 saturated heterocycles. The van der Waals surface area contributed by atoms with Crippen LogP contribution in [0.1, 0.15) is 30.7 Å². The molecule has 2 aliphatic rings. The second kappa shape index (κ2) is 6.31. The van der Waals surface area contributed by atoms with Gasteiger partial charge in [-0.2, -0.15) is 0 Å². The van der Waals surface area contributed by atoms with Gasteiger partial charge in [-0.05, 0) is 38.8 Å². The summed E-state index contributed by atoms with van der Waals surface area (Å²) in [6.45, 7) is 4.80. The van der Waals surface area contributed by atoms with Gasteiger partial charge in [0.1, 0.15) is 5.01 Å². The maximum absolute atomic E-state index is 9.42. The highest BCUT2D eigenvalue weighted by atomic mass is 32.1. The third-order valence-electron chi connectivity index (χ3n) is 4.48. The molecule has 0 spiro atoms. The van der Waals surface area contributed by atoms with Gasteiger partial charge in [0.2, 0.25) is 0 Å². The second-order valence-corrected chi connectivity index (χ2v) is 6.65. The summed E-state index contributed by atoms with van der Waals surface area (Å²) in [5.74, 6) is 0. The highest BCUT2D eigenvalue weighted by Crippen LogP contribution is 2.25. The number of hydrogen-bond acceptors (Lipinski definition) is 5. The second-order valence-electron chi connectivity index (χ2n) is 5.67. The monoisotopic (exact) mass is 281 g/mol. The fraction of sp³-hybridized carbons (Fsp3) is 0.786. The molecule has 0 aromatic carbocycles. The van der Waals surface area contributed by atoms with Gasteiger partial charge in [-0.15, -0.1) is 11.3 Å². The minimum atomic E-state index is 0.319. The van der Waals surface area contributed by atoms with Gasteiger partial charge in [-0.3, -0.25) is 9.80 Å². The Hall–Kier alpha value is -0.490. The SMILES string of the molecule is OCC1CCCN1CC1CCCN1Cc1nccs1. The third kappa shape index (κ3) is 3.16. The van der Waals surface area contributed by atoms with Crippen LogP contribution in [0.15, 0.2) is 11.6 Å². The van der Waals surface area contributed by atoms with Gasteiger partial charge < -0.3 is 5.11 Å². The van der Waals surface area contributed by atoms with E-state index in [2.05, 4.69) is 20.2 Å². The van der Waals surface area contributed by atoms with Crippen LogP contribution in [-0.2, 0) is 6.54 Å². The van der Waals surface area contributed by atoms with Gasteiger partial charge in [-0.1, -0.05) is 0 Å². The van der Waals surface area contributed by atoms with Crippen LogP contribution >= 0.6 is 11.3 Å². The molecule has 1 aromatic heterocycles. The van der Waals surface area contributed by atoms with Gasteiger partial charge >= 0.3 is 0 Å². The highest BCUT2D eigenvalue weighted by molar-refractivity contribution is 7.09. The van der Waals surface area contributed by atoms with Crippen molar-refractivity contribution in [2.45, 2.75) is 44.3 Å². The molecule has 0 bridgehead atoms. The molecule has 3 rings (SSSR count). The summed E-state index contributed by atoms with van der Waals surface area (Å²) in [5.41, 5.74) is 0. The van der Waals surface area contributed by atoms with Crippen LogP contribution in [0.3, 0.4) is 0 Å². The third-order valence-corrected chi connectivity index (χ3v) is 5.24. The molecule has 1 aromatic rings. The van der Waals surface area contributed by atoms with E-state index < -0.39 is 0 Å². The zero-order valence-electron chi connectivity index (χ0n) is 11.4. The molecule has 0 amide bonds. The molecule has 0 radical (unpaired) electrons. The largest absolute Gasteiger partial charge is 0.395 e. The van der Waals surface area contributed by atoms with Crippen LogP contribution < -0.4 is 0 Å². The molecule has 4 nitrogen and oxygen atoms in total. The lowest BCUT2D eigenvalue weighted by Crippen LogP contribution is -2.43. The minimum Gasteiger partial charge on any atom is -0.395 e. The maximum Gasteiger partial charge on any atom is 0.107 e. The van der Waals surface area contributed by atoms with Crippen LogP contribution in [0.25, 0.3) is 0 Å². The Bertz CT molecular complexity index is 384. The highest BCUT2D eigenvalue weighted by Gasteiger charge is 2.31. The van der Waals surface area contributed by atoms with Crippen LogP contribution in [0.2, 0.25) is 0 Å². The van der Waals surface area contributed by atoms with E-state index in [4.69, 9.17) is 0 Å². The molecule has 19 heavy (non-hydrogen) atoms. The number of thiazole rings is 1. The Morgan fingerprint density at radius 1 is 1.21 bits per heavy atom. The van der Waals surface area contributed by atoms with Crippen LogP contribution in [-0.4, -0.2) is 58.2 Å². The minimum absolute atomic E-state index is 0.319. The molecule has 106 valence electrons. The Morgan fingerprint density at radius 3 is 2.74 bits per heavy atom. The smallest absolute Gasteiger partial charge is 0.107 e. The number of aliphatic hydroxyl groups excluding tert-OH is 1. The first-order valence-electron chi connectivity index (χ1n) is 7.34. The van der Waals surface area contributed by atoms with Crippen molar-refractivity contribution in [3.63, 3.8) is 0 Å². The predicted octanol–water partition coefficient (Wildman–Crippen LogP) is 1.56. The average molecular weight is 281 g/mol. The Labute approximate surface area is 119 Å². The molecule has 5 heteroatoms. The van der Waals surface area contributed by atoms with Crippen molar-refractivity contribution in [3.8, 4) is 0 Å². The van der Waals surface area contributed by atoms with E-state index >= 15 is 0 Å². The first kappa shape index (κ1) is 13.5. The van der Waals surface area contributed by atoms with Crippen molar-refractivity contribution in [2.75, 3.05) is 26.2 Å². The number of nitrogens with zero attached hydrogens (tertiary/aromatic N) is 3. The number of hydrogen-bond donors (Lipinski definition) is 1. The van der Waals surface area contributed by atoms with Crippen molar-refractivity contribution in [1.82, 2.24) is 14.8 Å². The van der Waals surface area contributed by atoms with E-state index in [1.165, 1.54) is 30.8 Å².